The van der Waals surface area contributed by atoms with Crippen molar-refractivity contribution in [1.82, 2.24) is 10.2 Å². The number of carbonyl (C=O) groups excluding carboxylic acids is 3. The van der Waals surface area contributed by atoms with Crippen molar-refractivity contribution >= 4 is 23.5 Å². The first-order valence-electron chi connectivity index (χ1n) is 9.25. The Labute approximate surface area is 164 Å². The second-order valence-electron chi connectivity index (χ2n) is 6.45. The zero-order chi connectivity index (χ0) is 20.4. The number of rotatable bonds is 8. The monoisotopic (exact) mass is 389 g/mol. The van der Waals surface area contributed by atoms with Crippen molar-refractivity contribution in [3.8, 4) is 0 Å². The van der Waals surface area contributed by atoms with E-state index in [-0.39, 0.29) is 11.8 Å². The van der Waals surface area contributed by atoms with E-state index in [9.17, 15) is 14.4 Å². The second kappa shape index (κ2) is 11.2. The van der Waals surface area contributed by atoms with Crippen molar-refractivity contribution < 1.29 is 23.9 Å². The predicted octanol–water partition coefficient (Wildman–Crippen LogP) is 1.20. The van der Waals surface area contributed by atoms with Crippen molar-refractivity contribution in [2.45, 2.75) is 13.3 Å². The summed E-state index contributed by atoms with van der Waals surface area (Å²) >= 11 is 0. The number of ether oxygens (including phenoxy) is 2. The Hall–Kier alpha value is -2.71. The Bertz CT molecular complexity index is 709. The third kappa shape index (κ3) is 7.13. The number of morpholine rings is 1. The average Bonchev–Trinajstić information content (AvgIpc) is 2.72. The van der Waals surface area contributed by atoms with Gasteiger partial charge in [-0.2, -0.15) is 0 Å². The third-order valence-electron chi connectivity index (χ3n) is 4.32. The fourth-order valence-electron chi connectivity index (χ4n) is 2.69. The number of methoxy groups -OCH3 is 1. The molecule has 0 atom stereocenters. The van der Waals surface area contributed by atoms with Crippen LogP contribution >= 0.6 is 0 Å². The number of esters is 1. The zero-order valence-electron chi connectivity index (χ0n) is 16.3. The van der Waals surface area contributed by atoms with Crippen LogP contribution in [0.1, 0.15) is 23.7 Å². The first-order chi connectivity index (χ1) is 13.5. The highest BCUT2D eigenvalue weighted by Crippen LogP contribution is 2.11. The van der Waals surface area contributed by atoms with Crippen molar-refractivity contribution in [3.05, 3.63) is 41.5 Å². The minimum absolute atomic E-state index is 0.294. The van der Waals surface area contributed by atoms with Gasteiger partial charge < -0.3 is 20.1 Å². The van der Waals surface area contributed by atoms with Gasteiger partial charge >= 0.3 is 5.97 Å². The summed E-state index contributed by atoms with van der Waals surface area (Å²) in [5.74, 6) is -1.12. The molecule has 0 radical (unpaired) electrons. The second-order valence-corrected chi connectivity index (χ2v) is 6.45. The van der Waals surface area contributed by atoms with Crippen LogP contribution in [-0.2, 0) is 19.1 Å². The van der Waals surface area contributed by atoms with E-state index in [1.807, 2.05) is 0 Å². The van der Waals surface area contributed by atoms with E-state index in [2.05, 4.69) is 20.3 Å². The van der Waals surface area contributed by atoms with Gasteiger partial charge in [0.15, 0.2) is 0 Å². The molecule has 0 unspecified atom stereocenters. The van der Waals surface area contributed by atoms with Crippen LogP contribution in [0.15, 0.2) is 35.9 Å². The lowest BCUT2D eigenvalue weighted by Gasteiger charge is -2.26. The van der Waals surface area contributed by atoms with E-state index in [0.717, 1.165) is 39.3 Å². The Morgan fingerprint density at radius 3 is 2.50 bits per heavy atom. The summed E-state index contributed by atoms with van der Waals surface area (Å²) in [4.78, 5) is 37.9. The molecule has 0 saturated carbocycles. The number of anilines is 1. The molecule has 1 fully saturated rings. The topological polar surface area (TPSA) is 97.0 Å². The van der Waals surface area contributed by atoms with Crippen molar-refractivity contribution in [2.24, 2.45) is 0 Å². The molecule has 1 aliphatic heterocycles. The first kappa shape index (κ1) is 21.6. The molecule has 1 aromatic rings. The van der Waals surface area contributed by atoms with E-state index in [0.29, 0.717) is 23.4 Å². The lowest BCUT2D eigenvalue weighted by molar-refractivity contribution is -0.117. The van der Waals surface area contributed by atoms with Crippen molar-refractivity contribution in [3.63, 3.8) is 0 Å². The molecule has 2 rings (SSSR count). The fourth-order valence-corrected chi connectivity index (χ4v) is 2.69. The molecule has 0 spiro atoms. The highest BCUT2D eigenvalue weighted by atomic mass is 16.5. The molecule has 1 saturated heterocycles. The first-order valence-corrected chi connectivity index (χ1v) is 9.25. The van der Waals surface area contributed by atoms with Gasteiger partial charge in [-0.3, -0.25) is 14.5 Å². The summed E-state index contributed by atoms with van der Waals surface area (Å²) < 4.78 is 9.92. The largest absolute Gasteiger partial charge is 0.465 e. The molecule has 2 N–H and O–H groups in total. The summed E-state index contributed by atoms with van der Waals surface area (Å²) in [6.45, 7) is 6.40. The molecule has 1 aromatic carbocycles. The highest BCUT2D eigenvalue weighted by Gasteiger charge is 2.11. The van der Waals surface area contributed by atoms with Crippen LogP contribution in [0.5, 0.6) is 0 Å². The fraction of sp³-hybridized carbons (Fsp3) is 0.450. The summed E-state index contributed by atoms with van der Waals surface area (Å²) in [6.07, 6.45) is 2.13. The van der Waals surface area contributed by atoms with Gasteiger partial charge in [-0.1, -0.05) is 0 Å². The van der Waals surface area contributed by atoms with Crippen LogP contribution < -0.4 is 10.6 Å². The standard InChI is InChI=1S/C20H27N3O5/c1-15(14-18(24)21-8-3-9-23-10-12-28-13-11-23)19(25)22-17-6-4-16(5-7-17)20(26)27-2/h4-7,14H,3,8-13H2,1-2H3,(H,21,24)(H,22,25)/b15-14+. The summed E-state index contributed by atoms with van der Waals surface area (Å²) in [5.41, 5.74) is 1.21. The van der Waals surface area contributed by atoms with E-state index < -0.39 is 5.97 Å². The molecule has 2 amide bonds. The molecule has 28 heavy (non-hydrogen) atoms. The zero-order valence-corrected chi connectivity index (χ0v) is 16.3. The Morgan fingerprint density at radius 1 is 1.18 bits per heavy atom. The Morgan fingerprint density at radius 2 is 1.86 bits per heavy atom. The number of nitrogens with one attached hydrogen (secondary N) is 2. The number of amides is 2. The number of nitrogens with zero attached hydrogens (tertiary/aromatic N) is 1. The smallest absolute Gasteiger partial charge is 0.337 e. The van der Waals surface area contributed by atoms with E-state index in [4.69, 9.17) is 4.74 Å². The van der Waals surface area contributed by atoms with Crippen LogP contribution in [0.3, 0.4) is 0 Å². The quantitative estimate of drug-likeness (QED) is 0.394. The van der Waals surface area contributed by atoms with Gasteiger partial charge in [0, 0.05) is 37.0 Å². The van der Waals surface area contributed by atoms with Crippen molar-refractivity contribution in [2.75, 3.05) is 51.8 Å². The van der Waals surface area contributed by atoms with Crippen LogP contribution in [0.2, 0.25) is 0 Å². The summed E-state index contributed by atoms with van der Waals surface area (Å²) in [7, 11) is 1.31. The predicted molar refractivity (Wildman–Crippen MR) is 105 cm³/mol. The Kier molecular flexibility index (Phi) is 8.64. The molecular formula is C20H27N3O5. The maximum atomic E-state index is 12.2. The van der Waals surface area contributed by atoms with Gasteiger partial charge in [0.1, 0.15) is 0 Å². The lowest BCUT2D eigenvalue weighted by atomic mass is 10.2. The van der Waals surface area contributed by atoms with Gasteiger partial charge in [-0.15, -0.1) is 0 Å². The lowest BCUT2D eigenvalue weighted by Crippen LogP contribution is -2.38. The minimum Gasteiger partial charge on any atom is -0.465 e. The molecule has 0 aromatic heterocycles. The number of hydrogen-bond acceptors (Lipinski definition) is 6. The number of benzene rings is 1. The van der Waals surface area contributed by atoms with Gasteiger partial charge in [0.05, 0.1) is 25.9 Å². The van der Waals surface area contributed by atoms with Gasteiger partial charge in [-0.05, 0) is 44.2 Å². The highest BCUT2D eigenvalue weighted by molar-refractivity contribution is 6.07. The molecule has 1 aliphatic rings. The van der Waals surface area contributed by atoms with E-state index in [1.54, 1.807) is 31.2 Å². The summed E-state index contributed by atoms with van der Waals surface area (Å²) in [5, 5.41) is 5.48. The maximum Gasteiger partial charge on any atom is 0.337 e. The molecule has 8 nitrogen and oxygen atoms in total. The third-order valence-corrected chi connectivity index (χ3v) is 4.32. The average molecular weight is 389 g/mol. The molecule has 0 bridgehead atoms. The van der Waals surface area contributed by atoms with Crippen LogP contribution in [-0.4, -0.2) is 69.2 Å². The van der Waals surface area contributed by atoms with Gasteiger partial charge in [0.2, 0.25) is 5.91 Å². The normalized spacial score (nSPS) is 15.0. The van der Waals surface area contributed by atoms with Crippen LogP contribution in [0, 0.1) is 0 Å². The molecular weight excluding hydrogens is 362 g/mol. The van der Waals surface area contributed by atoms with Gasteiger partial charge in [0.25, 0.3) is 5.91 Å². The summed E-state index contributed by atoms with van der Waals surface area (Å²) in [6, 6.07) is 6.32. The number of carbonyl (C=O) groups is 3. The molecule has 1 heterocycles. The van der Waals surface area contributed by atoms with Crippen LogP contribution in [0.25, 0.3) is 0 Å². The Balaban J connectivity index is 1.73. The maximum absolute atomic E-state index is 12.2. The van der Waals surface area contributed by atoms with E-state index >= 15 is 0 Å². The van der Waals surface area contributed by atoms with Crippen LogP contribution in [0.4, 0.5) is 5.69 Å². The SMILES string of the molecule is COC(=O)c1ccc(NC(=O)/C(C)=C/C(=O)NCCCN2CCOCC2)cc1. The van der Waals surface area contributed by atoms with Crippen molar-refractivity contribution in [1.29, 1.82) is 0 Å². The molecule has 8 heteroatoms. The number of hydrogen-bond donors (Lipinski definition) is 2. The van der Waals surface area contributed by atoms with E-state index in [1.165, 1.54) is 13.2 Å². The molecule has 152 valence electrons. The minimum atomic E-state index is -0.445. The van der Waals surface area contributed by atoms with Gasteiger partial charge in [-0.25, -0.2) is 4.79 Å². The molecule has 0 aliphatic carbocycles.